The van der Waals surface area contributed by atoms with E-state index in [4.69, 9.17) is 4.74 Å². The number of rotatable bonds is 9. The van der Waals surface area contributed by atoms with Gasteiger partial charge in [0.05, 0.1) is 11.1 Å². The average Bonchev–Trinajstić information content (AvgIpc) is 3.02. The second-order valence-electron chi connectivity index (χ2n) is 7.60. The molecule has 162 valence electrons. The highest BCUT2D eigenvalue weighted by Crippen LogP contribution is 2.22. The van der Waals surface area contributed by atoms with Crippen LogP contribution in [0.5, 0.6) is 0 Å². The van der Waals surface area contributed by atoms with Crippen molar-refractivity contribution in [3.8, 4) is 0 Å². The van der Waals surface area contributed by atoms with E-state index in [2.05, 4.69) is 5.32 Å². The first-order valence-electron chi connectivity index (χ1n) is 10.4. The smallest absolute Gasteiger partial charge is 0.306 e. The number of fused-ring (bicyclic) bond motifs is 1. The standard InChI is InChI=1S/C24H26N2O5/c1-16(18-9-4-3-5-10-18)15-25-22(28)17(2)31-21(27)13-8-14-26-23(29)19-11-6-7-12-20(19)24(26)30/h3-7,9-12,16-17H,8,13-15H2,1-2H3,(H,25,28)/t16-,17+/m1/s1. The van der Waals surface area contributed by atoms with E-state index in [9.17, 15) is 19.2 Å². The molecule has 0 aromatic heterocycles. The number of imide groups is 1. The van der Waals surface area contributed by atoms with Gasteiger partial charge in [0.2, 0.25) is 0 Å². The third kappa shape index (κ3) is 5.36. The lowest BCUT2D eigenvalue weighted by Gasteiger charge is -2.17. The first-order valence-corrected chi connectivity index (χ1v) is 10.4. The predicted octanol–water partition coefficient (Wildman–Crippen LogP) is 2.91. The number of hydrogen-bond donors (Lipinski definition) is 1. The van der Waals surface area contributed by atoms with Crippen LogP contribution in [0.25, 0.3) is 0 Å². The maximum absolute atomic E-state index is 12.3. The molecular weight excluding hydrogens is 396 g/mol. The molecular formula is C24H26N2O5. The van der Waals surface area contributed by atoms with E-state index in [1.807, 2.05) is 37.3 Å². The first kappa shape index (κ1) is 22.2. The van der Waals surface area contributed by atoms with Crippen LogP contribution in [0, 0.1) is 0 Å². The minimum Gasteiger partial charge on any atom is -0.453 e. The predicted molar refractivity (Wildman–Crippen MR) is 114 cm³/mol. The number of benzene rings is 2. The van der Waals surface area contributed by atoms with Gasteiger partial charge in [-0.2, -0.15) is 0 Å². The molecule has 2 aromatic carbocycles. The monoisotopic (exact) mass is 422 g/mol. The van der Waals surface area contributed by atoms with Crippen LogP contribution in [-0.2, 0) is 14.3 Å². The third-order valence-electron chi connectivity index (χ3n) is 5.27. The lowest BCUT2D eigenvalue weighted by molar-refractivity contribution is -0.154. The fourth-order valence-corrected chi connectivity index (χ4v) is 3.43. The Hall–Kier alpha value is -3.48. The van der Waals surface area contributed by atoms with E-state index in [0.717, 1.165) is 10.5 Å². The number of carbonyl (C=O) groups is 4. The Balaban J connectivity index is 1.39. The number of nitrogens with zero attached hydrogens (tertiary/aromatic N) is 1. The Morgan fingerprint density at radius 1 is 0.935 bits per heavy atom. The van der Waals surface area contributed by atoms with Crippen molar-refractivity contribution in [3.63, 3.8) is 0 Å². The summed E-state index contributed by atoms with van der Waals surface area (Å²) in [7, 11) is 0. The van der Waals surface area contributed by atoms with Crippen molar-refractivity contribution >= 4 is 23.7 Å². The molecule has 2 aromatic rings. The summed E-state index contributed by atoms with van der Waals surface area (Å²) in [5.74, 6) is -1.48. The minimum atomic E-state index is -0.922. The zero-order valence-corrected chi connectivity index (χ0v) is 17.7. The van der Waals surface area contributed by atoms with Gasteiger partial charge in [0, 0.05) is 19.5 Å². The molecule has 0 bridgehead atoms. The second-order valence-corrected chi connectivity index (χ2v) is 7.60. The number of nitrogens with one attached hydrogen (secondary N) is 1. The van der Waals surface area contributed by atoms with Crippen molar-refractivity contribution < 1.29 is 23.9 Å². The Kier molecular flexibility index (Phi) is 7.18. The number of carbonyl (C=O) groups excluding carboxylic acids is 4. The summed E-state index contributed by atoms with van der Waals surface area (Å²) in [4.78, 5) is 50.1. The summed E-state index contributed by atoms with van der Waals surface area (Å²) in [6, 6.07) is 16.5. The highest BCUT2D eigenvalue weighted by atomic mass is 16.5. The summed E-state index contributed by atoms with van der Waals surface area (Å²) in [6.07, 6.45) is -0.649. The minimum absolute atomic E-state index is 0.00540. The zero-order chi connectivity index (χ0) is 22.4. The van der Waals surface area contributed by atoms with Crippen LogP contribution >= 0.6 is 0 Å². The van der Waals surface area contributed by atoms with Crippen LogP contribution in [0.3, 0.4) is 0 Å². The molecule has 0 saturated heterocycles. The Morgan fingerprint density at radius 2 is 1.52 bits per heavy atom. The summed E-state index contributed by atoms with van der Waals surface area (Å²) in [6.45, 7) is 4.08. The molecule has 0 fully saturated rings. The van der Waals surface area contributed by atoms with Crippen molar-refractivity contribution in [2.24, 2.45) is 0 Å². The topological polar surface area (TPSA) is 92.8 Å². The SMILES string of the molecule is C[C@H](OC(=O)CCCN1C(=O)c2ccccc2C1=O)C(=O)NC[C@@H](C)c1ccccc1. The fourth-order valence-electron chi connectivity index (χ4n) is 3.43. The summed E-state index contributed by atoms with van der Waals surface area (Å²) in [5, 5.41) is 2.79. The van der Waals surface area contributed by atoms with Gasteiger partial charge in [-0.3, -0.25) is 24.1 Å². The number of esters is 1. The van der Waals surface area contributed by atoms with E-state index in [-0.39, 0.29) is 43.0 Å². The van der Waals surface area contributed by atoms with Gasteiger partial charge in [-0.1, -0.05) is 49.4 Å². The van der Waals surface area contributed by atoms with E-state index in [0.29, 0.717) is 17.7 Å². The van der Waals surface area contributed by atoms with Crippen molar-refractivity contribution in [2.45, 2.75) is 38.7 Å². The molecule has 7 heteroatoms. The maximum Gasteiger partial charge on any atom is 0.306 e. The van der Waals surface area contributed by atoms with Gasteiger partial charge in [0.1, 0.15) is 0 Å². The number of ether oxygens (including phenoxy) is 1. The molecule has 31 heavy (non-hydrogen) atoms. The van der Waals surface area contributed by atoms with Crippen LogP contribution < -0.4 is 5.32 Å². The van der Waals surface area contributed by atoms with E-state index >= 15 is 0 Å². The zero-order valence-electron chi connectivity index (χ0n) is 17.7. The van der Waals surface area contributed by atoms with Crippen molar-refractivity contribution in [2.75, 3.05) is 13.1 Å². The molecule has 2 atom stereocenters. The van der Waals surface area contributed by atoms with E-state index < -0.39 is 12.1 Å². The molecule has 0 aliphatic carbocycles. The Morgan fingerprint density at radius 3 is 2.13 bits per heavy atom. The maximum atomic E-state index is 12.3. The van der Waals surface area contributed by atoms with Gasteiger partial charge >= 0.3 is 5.97 Å². The molecule has 1 aliphatic heterocycles. The molecule has 3 rings (SSSR count). The summed E-state index contributed by atoms with van der Waals surface area (Å²) >= 11 is 0. The molecule has 0 radical (unpaired) electrons. The normalized spacial score (nSPS) is 14.7. The van der Waals surface area contributed by atoms with Gasteiger partial charge in [-0.25, -0.2) is 0 Å². The Bertz CT molecular complexity index is 938. The van der Waals surface area contributed by atoms with Gasteiger partial charge in [0.25, 0.3) is 17.7 Å². The molecule has 1 heterocycles. The van der Waals surface area contributed by atoms with Crippen LogP contribution in [0.1, 0.15) is 58.9 Å². The summed E-state index contributed by atoms with van der Waals surface area (Å²) < 4.78 is 5.19. The van der Waals surface area contributed by atoms with E-state index in [1.54, 1.807) is 24.3 Å². The van der Waals surface area contributed by atoms with Gasteiger partial charge < -0.3 is 10.1 Å². The van der Waals surface area contributed by atoms with Crippen molar-refractivity contribution in [3.05, 3.63) is 71.3 Å². The van der Waals surface area contributed by atoms with Gasteiger partial charge in [0.15, 0.2) is 6.10 Å². The largest absolute Gasteiger partial charge is 0.453 e. The molecule has 0 spiro atoms. The van der Waals surface area contributed by atoms with Gasteiger partial charge in [-0.05, 0) is 37.0 Å². The molecule has 0 unspecified atom stereocenters. The Labute approximate surface area is 181 Å². The lowest BCUT2D eigenvalue weighted by atomic mass is 10.0. The quantitative estimate of drug-likeness (QED) is 0.495. The number of amides is 3. The second kappa shape index (κ2) is 10.0. The third-order valence-corrected chi connectivity index (χ3v) is 5.27. The van der Waals surface area contributed by atoms with E-state index in [1.165, 1.54) is 6.92 Å². The van der Waals surface area contributed by atoms with Crippen LogP contribution in [0.4, 0.5) is 0 Å². The van der Waals surface area contributed by atoms with Crippen LogP contribution in [0.2, 0.25) is 0 Å². The highest BCUT2D eigenvalue weighted by Gasteiger charge is 2.34. The summed E-state index contributed by atoms with van der Waals surface area (Å²) in [5.41, 5.74) is 1.87. The average molecular weight is 422 g/mol. The molecule has 3 amide bonds. The highest BCUT2D eigenvalue weighted by molar-refractivity contribution is 6.21. The van der Waals surface area contributed by atoms with Crippen LogP contribution in [-0.4, -0.2) is 47.8 Å². The van der Waals surface area contributed by atoms with Gasteiger partial charge in [-0.15, -0.1) is 0 Å². The number of hydrogen-bond acceptors (Lipinski definition) is 5. The molecule has 1 N–H and O–H groups in total. The fraction of sp³-hybridized carbons (Fsp3) is 0.333. The molecule has 0 saturated carbocycles. The van der Waals surface area contributed by atoms with Crippen LogP contribution in [0.15, 0.2) is 54.6 Å². The lowest BCUT2D eigenvalue weighted by Crippen LogP contribution is -2.37. The molecule has 1 aliphatic rings. The van der Waals surface area contributed by atoms with Crippen molar-refractivity contribution in [1.29, 1.82) is 0 Å². The first-order chi connectivity index (χ1) is 14.9. The van der Waals surface area contributed by atoms with Crippen molar-refractivity contribution in [1.82, 2.24) is 10.2 Å². The molecule has 7 nitrogen and oxygen atoms in total.